The van der Waals surface area contributed by atoms with E-state index >= 15 is 0 Å². The molecule has 144 valence electrons. The van der Waals surface area contributed by atoms with Crippen LogP contribution < -0.4 is 0 Å². The van der Waals surface area contributed by atoms with Crippen LogP contribution in [0.2, 0.25) is 0 Å². The smallest absolute Gasteiger partial charge is 0.165 e. The Bertz CT molecular complexity index is 762. The molecule has 0 aliphatic heterocycles. The lowest BCUT2D eigenvalue weighted by Crippen LogP contribution is -2.52. The molecule has 0 spiro atoms. The molecule has 0 aromatic heterocycles. The number of carbonyl (C=O) groups is 1. The van der Waals surface area contributed by atoms with Crippen molar-refractivity contribution >= 4 is 11.9 Å². The van der Waals surface area contributed by atoms with Crippen LogP contribution in [0.5, 0.6) is 0 Å². The van der Waals surface area contributed by atoms with E-state index in [0.29, 0.717) is 17.1 Å². The minimum Gasteiger partial charge on any atom is -0.294 e. The molecule has 0 saturated heterocycles. The van der Waals surface area contributed by atoms with Gasteiger partial charge in [0, 0.05) is 5.41 Å². The largest absolute Gasteiger partial charge is 0.294 e. The lowest BCUT2D eigenvalue weighted by Gasteiger charge is -2.59. The molecule has 0 unspecified atom stereocenters. The molecule has 0 N–H and O–H groups in total. The number of hydrogen-bond donors (Lipinski definition) is 0. The Kier molecular flexibility index (Phi) is 4.15. The Morgan fingerprint density at radius 3 is 2.56 bits per heavy atom. The SMILES string of the molecule is C[C@]12CCCC[C@@H]1CC[C@@H]1[C@@H]2CC[C@]2(C)C(=O)/C(=C/c3ccccc3)C[C@@H]12. The van der Waals surface area contributed by atoms with E-state index in [4.69, 9.17) is 0 Å². The second kappa shape index (κ2) is 6.33. The standard InChI is InChI=1S/C26H34O/c1-25-14-7-6-10-20(25)11-12-21-22(25)13-15-26(2)23(21)17-19(24(26)27)16-18-8-4-3-5-9-18/h3-5,8-9,16,20-23H,6-7,10-15,17H2,1-2H3/b19-16+/t20-,21-,22+,23+,25+,26+/m1/s1. The van der Waals surface area contributed by atoms with Gasteiger partial charge in [-0.2, -0.15) is 0 Å². The fourth-order valence-corrected chi connectivity index (χ4v) is 7.85. The van der Waals surface area contributed by atoms with Crippen molar-refractivity contribution < 1.29 is 4.79 Å². The van der Waals surface area contributed by atoms with E-state index in [0.717, 1.165) is 36.2 Å². The molecule has 4 saturated carbocycles. The minimum absolute atomic E-state index is 0.0976. The van der Waals surface area contributed by atoms with Crippen LogP contribution in [0.15, 0.2) is 35.9 Å². The van der Waals surface area contributed by atoms with Crippen LogP contribution in [0.4, 0.5) is 0 Å². The first-order chi connectivity index (χ1) is 13.0. The van der Waals surface area contributed by atoms with Gasteiger partial charge in [-0.25, -0.2) is 0 Å². The van der Waals surface area contributed by atoms with Gasteiger partial charge in [-0.1, -0.05) is 57.0 Å². The number of allylic oxidation sites excluding steroid dienone is 1. The summed E-state index contributed by atoms with van der Waals surface area (Å²) in [5, 5.41) is 0. The van der Waals surface area contributed by atoms with Crippen LogP contribution in [-0.4, -0.2) is 5.78 Å². The maximum Gasteiger partial charge on any atom is 0.165 e. The van der Waals surface area contributed by atoms with Gasteiger partial charge in [-0.15, -0.1) is 0 Å². The molecule has 1 aromatic rings. The number of hydrogen-bond acceptors (Lipinski definition) is 1. The van der Waals surface area contributed by atoms with Gasteiger partial charge in [0.15, 0.2) is 5.78 Å². The fraction of sp³-hybridized carbons (Fsp3) is 0.654. The topological polar surface area (TPSA) is 17.1 Å². The summed E-state index contributed by atoms with van der Waals surface area (Å²) in [6.07, 6.45) is 14.2. The summed E-state index contributed by atoms with van der Waals surface area (Å²) in [7, 11) is 0. The van der Waals surface area contributed by atoms with Gasteiger partial charge in [-0.05, 0) is 91.2 Å². The van der Waals surface area contributed by atoms with Gasteiger partial charge in [0.1, 0.15) is 0 Å². The van der Waals surface area contributed by atoms with Crippen LogP contribution in [0.25, 0.3) is 6.08 Å². The summed E-state index contributed by atoms with van der Waals surface area (Å²) in [4.78, 5) is 13.4. The predicted molar refractivity (Wildman–Crippen MR) is 111 cm³/mol. The molecule has 4 aliphatic rings. The lowest BCUT2D eigenvalue weighted by molar-refractivity contribution is -0.137. The molecule has 0 radical (unpaired) electrons. The van der Waals surface area contributed by atoms with Crippen LogP contribution in [0, 0.1) is 34.5 Å². The molecule has 27 heavy (non-hydrogen) atoms. The molecule has 6 atom stereocenters. The van der Waals surface area contributed by atoms with Crippen molar-refractivity contribution in [2.24, 2.45) is 34.5 Å². The third kappa shape index (κ3) is 2.60. The van der Waals surface area contributed by atoms with E-state index in [1.54, 1.807) is 0 Å². The molecule has 5 rings (SSSR count). The highest BCUT2D eigenvalue weighted by atomic mass is 16.1. The highest BCUT2D eigenvalue weighted by Gasteiger charge is 2.60. The molecule has 4 aliphatic carbocycles. The molecule has 4 fully saturated rings. The summed E-state index contributed by atoms with van der Waals surface area (Å²) in [5.74, 6) is 3.63. The minimum atomic E-state index is -0.0976. The average Bonchev–Trinajstić information content (AvgIpc) is 2.93. The van der Waals surface area contributed by atoms with Gasteiger partial charge in [0.05, 0.1) is 0 Å². The van der Waals surface area contributed by atoms with Crippen LogP contribution in [0.1, 0.15) is 77.2 Å². The quantitative estimate of drug-likeness (QED) is 0.509. The Morgan fingerprint density at radius 1 is 0.926 bits per heavy atom. The van der Waals surface area contributed by atoms with Crippen molar-refractivity contribution in [2.45, 2.75) is 71.6 Å². The zero-order valence-electron chi connectivity index (χ0n) is 17.0. The molecule has 0 bridgehead atoms. The number of Topliss-reactive ketones (excluding diaryl/α,β-unsaturated/α-hetero) is 1. The summed E-state index contributed by atoms with van der Waals surface area (Å²) < 4.78 is 0. The summed E-state index contributed by atoms with van der Waals surface area (Å²) in [5.41, 5.74) is 2.74. The number of fused-ring (bicyclic) bond motifs is 5. The third-order valence-corrected chi connectivity index (χ3v) is 9.36. The van der Waals surface area contributed by atoms with E-state index in [1.807, 2.05) is 6.07 Å². The lowest BCUT2D eigenvalue weighted by atomic mass is 9.45. The predicted octanol–water partition coefficient (Wildman–Crippen LogP) is 6.68. The molecule has 0 heterocycles. The van der Waals surface area contributed by atoms with Crippen LogP contribution >= 0.6 is 0 Å². The Morgan fingerprint density at radius 2 is 1.74 bits per heavy atom. The number of benzene rings is 1. The summed E-state index contributed by atoms with van der Waals surface area (Å²) in [6, 6.07) is 10.4. The van der Waals surface area contributed by atoms with E-state index in [9.17, 15) is 4.79 Å². The van der Waals surface area contributed by atoms with Crippen LogP contribution in [-0.2, 0) is 4.79 Å². The van der Waals surface area contributed by atoms with Gasteiger partial charge >= 0.3 is 0 Å². The second-order valence-corrected chi connectivity index (χ2v) is 10.5. The van der Waals surface area contributed by atoms with Crippen molar-refractivity contribution in [3.8, 4) is 0 Å². The number of rotatable bonds is 1. The van der Waals surface area contributed by atoms with Gasteiger partial charge in [0.2, 0.25) is 0 Å². The van der Waals surface area contributed by atoms with Gasteiger partial charge in [0.25, 0.3) is 0 Å². The first-order valence-corrected chi connectivity index (χ1v) is 11.3. The Hall–Kier alpha value is -1.37. The second-order valence-electron chi connectivity index (χ2n) is 10.5. The van der Waals surface area contributed by atoms with E-state index in [-0.39, 0.29) is 5.41 Å². The zero-order valence-corrected chi connectivity index (χ0v) is 17.0. The average molecular weight is 363 g/mol. The zero-order chi connectivity index (χ0) is 18.6. The van der Waals surface area contributed by atoms with Gasteiger partial charge in [-0.3, -0.25) is 4.79 Å². The normalized spacial score (nSPS) is 45.3. The molecular formula is C26H34O. The van der Waals surface area contributed by atoms with Crippen molar-refractivity contribution in [1.29, 1.82) is 0 Å². The Labute approximate surface area is 164 Å². The van der Waals surface area contributed by atoms with Crippen molar-refractivity contribution in [2.75, 3.05) is 0 Å². The number of ketones is 1. The summed E-state index contributed by atoms with van der Waals surface area (Å²) >= 11 is 0. The van der Waals surface area contributed by atoms with E-state index < -0.39 is 0 Å². The fourth-order valence-electron chi connectivity index (χ4n) is 7.85. The summed E-state index contributed by atoms with van der Waals surface area (Å²) in [6.45, 7) is 4.92. The highest BCUT2D eigenvalue weighted by molar-refractivity contribution is 6.05. The maximum absolute atomic E-state index is 13.4. The first kappa shape index (κ1) is 17.7. The molecule has 1 nitrogen and oxygen atoms in total. The van der Waals surface area contributed by atoms with E-state index in [2.05, 4.69) is 44.2 Å². The van der Waals surface area contributed by atoms with Crippen molar-refractivity contribution in [1.82, 2.24) is 0 Å². The monoisotopic (exact) mass is 362 g/mol. The van der Waals surface area contributed by atoms with Crippen molar-refractivity contribution in [3.05, 3.63) is 41.5 Å². The molecule has 0 amide bonds. The first-order valence-electron chi connectivity index (χ1n) is 11.3. The van der Waals surface area contributed by atoms with Gasteiger partial charge < -0.3 is 0 Å². The molecular weight excluding hydrogens is 328 g/mol. The highest BCUT2D eigenvalue weighted by Crippen LogP contribution is 2.66. The Balaban J connectivity index is 1.47. The van der Waals surface area contributed by atoms with Crippen molar-refractivity contribution in [3.63, 3.8) is 0 Å². The maximum atomic E-state index is 13.4. The molecule has 1 aromatic carbocycles. The molecule has 1 heteroatoms. The third-order valence-electron chi connectivity index (χ3n) is 9.36. The van der Waals surface area contributed by atoms with E-state index in [1.165, 1.54) is 50.5 Å². The van der Waals surface area contributed by atoms with Crippen LogP contribution in [0.3, 0.4) is 0 Å². The number of carbonyl (C=O) groups excluding carboxylic acids is 1.